The molecule has 0 radical (unpaired) electrons. The molecular weight excluding hydrogens is 344 g/mol. The molecule has 0 saturated heterocycles. The Labute approximate surface area is 118 Å². The quantitative estimate of drug-likeness (QED) is 0.772. The normalized spacial score (nSPS) is 11.8. The van der Waals surface area contributed by atoms with E-state index in [9.17, 15) is 0 Å². The molecule has 0 unspecified atom stereocenters. The molecule has 0 aliphatic carbocycles. The van der Waals surface area contributed by atoms with Crippen molar-refractivity contribution in [1.29, 1.82) is 0 Å². The SMILES string of the molecule is CC(C)(C)c1[nH]nc(-c2cccc(Br)c2)c1Br. The lowest BCUT2D eigenvalue weighted by Gasteiger charge is -2.16. The maximum atomic E-state index is 4.40. The second-order valence-corrected chi connectivity index (χ2v) is 6.73. The fourth-order valence-corrected chi connectivity index (χ4v) is 3.05. The highest BCUT2D eigenvalue weighted by Crippen LogP contribution is 2.35. The summed E-state index contributed by atoms with van der Waals surface area (Å²) >= 11 is 7.12. The largest absolute Gasteiger partial charge is 0.280 e. The van der Waals surface area contributed by atoms with Crippen molar-refractivity contribution < 1.29 is 0 Å². The Morgan fingerprint density at radius 3 is 2.41 bits per heavy atom. The first kappa shape index (κ1) is 12.8. The van der Waals surface area contributed by atoms with Crippen LogP contribution in [0.25, 0.3) is 11.3 Å². The summed E-state index contributed by atoms with van der Waals surface area (Å²) < 4.78 is 2.10. The molecule has 0 atom stereocenters. The minimum Gasteiger partial charge on any atom is -0.280 e. The molecule has 0 fully saturated rings. The standard InChI is InChI=1S/C13H14Br2N2/c1-13(2,3)12-10(15)11(16-17-12)8-5-4-6-9(14)7-8/h4-7H,1-3H3,(H,16,17). The maximum Gasteiger partial charge on any atom is 0.107 e. The third-order valence-electron chi connectivity index (χ3n) is 2.55. The number of rotatable bonds is 1. The zero-order chi connectivity index (χ0) is 12.6. The lowest BCUT2D eigenvalue weighted by Crippen LogP contribution is -2.12. The molecule has 0 aliphatic heterocycles. The Hall–Kier alpha value is -0.610. The summed E-state index contributed by atoms with van der Waals surface area (Å²) in [6, 6.07) is 8.14. The Kier molecular flexibility index (Phi) is 3.46. The molecule has 0 aliphatic rings. The fourth-order valence-electron chi connectivity index (χ4n) is 1.65. The number of nitrogens with one attached hydrogen (secondary N) is 1. The molecule has 0 spiro atoms. The number of H-pyrrole nitrogens is 1. The number of benzene rings is 1. The van der Waals surface area contributed by atoms with E-state index in [2.05, 4.69) is 75.0 Å². The molecule has 2 rings (SSSR count). The highest BCUT2D eigenvalue weighted by Gasteiger charge is 2.22. The first-order chi connectivity index (χ1) is 7.89. The van der Waals surface area contributed by atoms with Gasteiger partial charge in [-0.1, -0.05) is 48.8 Å². The van der Waals surface area contributed by atoms with Crippen molar-refractivity contribution in [3.05, 3.63) is 38.9 Å². The lowest BCUT2D eigenvalue weighted by atomic mass is 9.92. The van der Waals surface area contributed by atoms with E-state index in [-0.39, 0.29) is 5.41 Å². The van der Waals surface area contributed by atoms with Crippen LogP contribution in [0.15, 0.2) is 33.2 Å². The number of nitrogens with zero attached hydrogens (tertiary/aromatic N) is 1. The molecule has 1 aromatic heterocycles. The average molecular weight is 358 g/mol. The third-order valence-corrected chi connectivity index (χ3v) is 3.82. The van der Waals surface area contributed by atoms with Crippen LogP contribution in [-0.4, -0.2) is 10.2 Å². The van der Waals surface area contributed by atoms with Crippen LogP contribution in [0.4, 0.5) is 0 Å². The molecule has 2 nitrogen and oxygen atoms in total. The number of aromatic amines is 1. The highest BCUT2D eigenvalue weighted by molar-refractivity contribution is 9.11. The van der Waals surface area contributed by atoms with Gasteiger partial charge in [-0.2, -0.15) is 5.10 Å². The monoisotopic (exact) mass is 356 g/mol. The summed E-state index contributed by atoms with van der Waals surface area (Å²) in [6.45, 7) is 6.49. The van der Waals surface area contributed by atoms with Gasteiger partial charge in [-0.05, 0) is 28.1 Å². The summed E-state index contributed by atoms with van der Waals surface area (Å²) in [6.07, 6.45) is 0. The highest BCUT2D eigenvalue weighted by atomic mass is 79.9. The summed E-state index contributed by atoms with van der Waals surface area (Å²) in [4.78, 5) is 0. The van der Waals surface area contributed by atoms with E-state index in [4.69, 9.17) is 0 Å². The van der Waals surface area contributed by atoms with Crippen LogP contribution in [-0.2, 0) is 5.41 Å². The minimum atomic E-state index is 0.0517. The molecule has 0 amide bonds. The van der Waals surface area contributed by atoms with Gasteiger partial charge in [-0.15, -0.1) is 0 Å². The minimum absolute atomic E-state index is 0.0517. The van der Waals surface area contributed by atoms with Crippen LogP contribution in [0.3, 0.4) is 0 Å². The molecule has 1 heterocycles. The van der Waals surface area contributed by atoms with Crippen LogP contribution >= 0.6 is 31.9 Å². The van der Waals surface area contributed by atoms with E-state index in [1.54, 1.807) is 0 Å². The van der Waals surface area contributed by atoms with Crippen LogP contribution in [0, 0.1) is 0 Å². The average Bonchev–Trinajstić information content (AvgIpc) is 2.59. The van der Waals surface area contributed by atoms with Crippen LogP contribution in [0.2, 0.25) is 0 Å². The van der Waals surface area contributed by atoms with Gasteiger partial charge in [0.25, 0.3) is 0 Å². The Morgan fingerprint density at radius 2 is 1.88 bits per heavy atom. The van der Waals surface area contributed by atoms with E-state index in [1.807, 2.05) is 12.1 Å². The lowest BCUT2D eigenvalue weighted by molar-refractivity contribution is 0.564. The zero-order valence-corrected chi connectivity index (χ0v) is 13.2. The topological polar surface area (TPSA) is 28.7 Å². The molecule has 90 valence electrons. The number of hydrogen-bond donors (Lipinski definition) is 1. The smallest absolute Gasteiger partial charge is 0.107 e. The van der Waals surface area contributed by atoms with E-state index in [0.717, 1.165) is 25.9 Å². The molecule has 17 heavy (non-hydrogen) atoms. The Balaban J connectivity index is 2.52. The Bertz CT molecular complexity index is 539. The molecule has 2 aromatic rings. The first-order valence-electron chi connectivity index (χ1n) is 5.40. The van der Waals surface area contributed by atoms with E-state index >= 15 is 0 Å². The van der Waals surface area contributed by atoms with Gasteiger partial charge in [0.05, 0.1) is 10.2 Å². The van der Waals surface area contributed by atoms with Gasteiger partial charge in [-0.3, -0.25) is 5.10 Å². The Morgan fingerprint density at radius 1 is 1.18 bits per heavy atom. The van der Waals surface area contributed by atoms with Gasteiger partial charge in [-0.25, -0.2) is 0 Å². The first-order valence-corrected chi connectivity index (χ1v) is 6.98. The summed E-state index contributed by atoms with van der Waals surface area (Å²) in [5.74, 6) is 0. The van der Waals surface area contributed by atoms with Gasteiger partial charge in [0.2, 0.25) is 0 Å². The van der Waals surface area contributed by atoms with Crippen molar-refractivity contribution in [3.8, 4) is 11.3 Å². The fraction of sp³-hybridized carbons (Fsp3) is 0.308. The van der Waals surface area contributed by atoms with Crippen molar-refractivity contribution >= 4 is 31.9 Å². The molecule has 0 saturated carbocycles. The van der Waals surface area contributed by atoms with Crippen LogP contribution in [0.1, 0.15) is 26.5 Å². The predicted octanol–water partition coefficient (Wildman–Crippen LogP) is 4.90. The molecular formula is C13H14Br2N2. The van der Waals surface area contributed by atoms with E-state index in [1.165, 1.54) is 0 Å². The van der Waals surface area contributed by atoms with Gasteiger partial charge >= 0.3 is 0 Å². The number of aromatic nitrogens is 2. The van der Waals surface area contributed by atoms with Crippen molar-refractivity contribution in [2.24, 2.45) is 0 Å². The molecule has 1 aromatic carbocycles. The van der Waals surface area contributed by atoms with Gasteiger partial charge in [0.15, 0.2) is 0 Å². The van der Waals surface area contributed by atoms with Crippen LogP contribution < -0.4 is 0 Å². The summed E-state index contributed by atoms with van der Waals surface area (Å²) in [5, 5.41) is 7.52. The number of hydrogen-bond acceptors (Lipinski definition) is 1. The second kappa shape index (κ2) is 4.58. The van der Waals surface area contributed by atoms with Gasteiger partial charge < -0.3 is 0 Å². The van der Waals surface area contributed by atoms with Crippen LogP contribution in [0.5, 0.6) is 0 Å². The maximum absolute atomic E-state index is 4.40. The third kappa shape index (κ3) is 2.63. The predicted molar refractivity (Wildman–Crippen MR) is 78.1 cm³/mol. The van der Waals surface area contributed by atoms with Crippen molar-refractivity contribution in [3.63, 3.8) is 0 Å². The van der Waals surface area contributed by atoms with Gasteiger partial charge in [0, 0.05) is 15.5 Å². The molecule has 1 N–H and O–H groups in total. The van der Waals surface area contributed by atoms with E-state index < -0.39 is 0 Å². The zero-order valence-electron chi connectivity index (χ0n) is 10.0. The van der Waals surface area contributed by atoms with Crippen molar-refractivity contribution in [1.82, 2.24) is 10.2 Å². The second-order valence-electron chi connectivity index (χ2n) is 5.02. The van der Waals surface area contributed by atoms with E-state index in [0.29, 0.717) is 0 Å². The molecule has 4 heteroatoms. The number of halogens is 2. The van der Waals surface area contributed by atoms with Crippen molar-refractivity contribution in [2.45, 2.75) is 26.2 Å². The van der Waals surface area contributed by atoms with Gasteiger partial charge in [0.1, 0.15) is 5.69 Å². The van der Waals surface area contributed by atoms with Crippen molar-refractivity contribution in [2.75, 3.05) is 0 Å². The summed E-state index contributed by atoms with van der Waals surface area (Å²) in [5.41, 5.74) is 3.22. The molecule has 0 bridgehead atoms. The summed E-state index contributed by atoms with van der Waals surface area (Å²) in [7, 11) is 0.